The van der Waals surface area contributed by atoms with E-state index in [0.717, 1.165) is 43.5 Å². The van der Waals surface area contributed by atoms with Gasteiger partial charge < -0.3 is 9.64 Å². The smallest absolute Gasteiger partial charge is 0.273 e. The van der Waals surface area contributed by atoms with Crippen LogP contribution in [-0.2, 0) is 24.4 Å². The van der Waals surface area contributed by atoms with Gasteiger partial charge in [-0.15, -0.1) is 11.3 Å². The van der Waals surface area contributed by atoms with Gasteiger partial charge in [-0.25, -0.2) is 4.98 Å². The van der Waals surface area contributed by atoms with Crippen molar-refractivity contribution in [2.24, 2.45) is 0 Å². The summed E-state index contributed by atoms with van der Waals surface area (Å²) >= 11 is 1.52. The van der Waals surface area contributed by atoms with Gasteiger partial charge in [0.2, 0.25) is 0 Å². The molecule has 1 amide bonds. The van der Waals surface area contributed by atoms with Crippen molar-refractivity contribution in [2.45, 2.75) is 46.4 Å². The zero-order chi connectivity index (χ0) is 18.3. The standard InChI is InChI=1S/C18H25N5O2S/c1-12(2)23-17-10-22(18(24)16-11-26-13(3)19-16)8-14(17)15(20-23)9-21-4-6-25-7-5-21/h11-12H,4-10H2,1-3H3. The van der Waals surface area contributed by atoms with E-state index in [9.17, 15) is 4.79 Å². The van der Waals surface area contributed by atoms with E-state index in [0.29, 0.717) is 18.8 Å². The Kier molecular flexibility index (Phi) is 4.81. The van der Waals surface area contributed by atoms with Gasteiger partial charge in [0, 0.05) is 36.6 Å². The number of rotatable bonds is 4. The topological polar surface area (TPSA) is 63.5 Å². The van der Waals surface area contributed by atoms with Gasteiger partial charge in [-0.3, -0.25) is 14.4 Å². The van der Waals surface area contributed by atoms with Crippen molar-refractivity contribution >= 4 is 17.2 Å². The zero-order valence-corrected chi connectivity index (χ0v) is 16.4. The number of amides is 1. The fourth-order valence-corrected chi connectivity index (χ4v) is 4.21. The molecule has 0 atom stereocenters. The lowest BCUT2D eigenvalue weighted by atomic mass is 10.2. The Hall–Kier alpha value is -1.77. The lowest BCUT2D eigenvalue weighted by Gasteiger charge is -2.26. The summed E-state index contributed by atoms with van der Waals surface area (Å²) in [5.74, 6) is 0.0122. The van der Waals surface area contributed by atoms with E-state index in [-0.39, 0.29) is 11.9 Å². The molecule has 2 aliphatic rings. The van der Waals surface area contributed by atoms with Crippen molar-refractivity contribution < 1.29 is 9.53 Å². The molecule has 8 heteroatoms. The average molecular weight is 375 g/mol. The van der Waals surface area contributed by atoms with Crippen LogP contribution in [0.3, 0.4) is 0 Å². The number of hydrogen-bond acceptors (Lipinski definition) is 6. The average Bonchev–Trinajstić information content (AvgIpc) is 3.31. The molecule has 0 aromatic carbocycles. The van der Waals surface area contributed by atoms with Crippen molar-refractivity contribution in [3.8, 4) is 0 Å². The minimum atomic E-state index is 0.0122. The van der Waals surface area contributed by atoms with Crippen molar-refractivity contribution in [3.05, 3.63) is 33.0 Å². The predicted molar refractivity (Wildman–Crippen MR) is 99.1 cm³/mol. The molecule has 1 fully saturated rings. The van der Waals surface area contributed by atoms with E-state index in [1.54, 1.807) is 0 Å². The molecular formula is C18H25N5O2S. The Morgan fingerprint density at radius 3 is 2.73 bits per heavy atom. The molecule has 0 unspecified atom stereocenters. The lowest BCUT2D eigenvalue weighted by Crippen LogP contribution is -2.36. The Bertz CT molecular complexity index is 807. The third kappa shape index (κ3) is 3.28. The molecule has 0 radical (unpaired) electrons. The summed E-state index contributed by atoms with van der Waals surface area (Å²) in [6.45, 7) is 11.7. The van der Waals surface area contributed by atoms with Crippen LogP contribution in [0.15, 0.2) is 5.38 Å². The van der Waals surface area contributed by atoms with Gasteiger partial charge in [0.15, 0.2) is 0 Å². The highest BCUT2D eigenvalue weighted by Gasteiger charge is 2.33. The van der Waals surface area contributed by atoms with Crippen LogP contribution in [0.1, 0.15) is 52.3 Å². The predicted octanol–water partition coefficient (Wildman–Crippen LogP) is 2.22. The zero-order valence-electron chi connectivity index (χ0n) is 15.6. The van der Waals surface area contributed by atoms with Crippen LogP contribution in [0.4, 0.5) is 0 Å². The molecule has 26 heavy (non-hydrogen) atoms. The van der Waals surface area contributed by atoms with E-state index in [1.807, 2.05) is 17.2 Å². The summed E-state index contributed by atoms with van der Waals surface area (Å²) in [4.78, 5) is 21.5. The Balaban J connectivity index is 1.57. The first-order chi connectivity index (χ1) is 12.5. The molecule has 0 bridgehead atoms. The number of carbonyl (C=O) groups excluding carboxylic acids is 1. The van der Waals surface area contributed by atoms with Crippen LogP contribution < -0.4 is 0 Å². The molecule has 140 valence electrons. The van der Waals surface area contributed by atoms with E-state index >= 15 is 0 Å². The number of morpholine rings is 1. The van der Waals surface area contributed by atoms with Crippen molar-refractivity contribution in [3.63, 3.8) is 0 Å². The number of aryl methyl sites for hydroxylation is 1. The highest BCUT2D eigenvalue weighted by Crippen LogP contribution is 2.30. The number of fused-ring (bicyclic) bond motifs is 1. The lowest BCUT2D eigenvalue weighted by molar-refractivity contribution is 0.0333. The molecule has 7 nitrogen and oxygen atoms in total. The van der Waals surface area contributed by atoms with Gasteiger partial charge in [-0.05, 0) is 20.8 Å². The van der Waals surface area contributed by atoms with Gasteiger partial charge in [0.05, 0.1) is 42.7 Å². The summed E-state index contributed by atoms with van der Waals surface area (Å²) in [7, 11) is 0. The van der Waals surface area contributed by atoms with Crippen LogP contribution in [0.5, 0.6) is 0 Å². The maximum Gasteiger partial charge on any atom is 0.273 e. The van der Waals surface area contributed by atoms with Crippen LogP contribution in [0.2, 0.25) is 0 Å². The molecule has 1 saturated heterocycles. The molecule has 0 saturated carbocycles. The first-order valence-electron chi connectivity index (χ1n) is 9.13. The maximum atomic E-state index is 12.8. The van der Waals surface area contributed by atoms with E-state index in [1.165, 1.54) is 22.6 Å². The van der Waals surface area contributed by atoms with Gasteiger partial charge in [-0.1, -0.05) is 0 Å². The molecule has 2 aliphatic heterocycles. The number of aromatic nitrogens is 3. The number of ether oxygens (including phenoxy) is 1. The van der Waals surface area contributed by atoms with Crippen LogP contribution in [-0.4, -0.2) is 56.8 Å². The maximum absolute atomic E-state index is 12.8. The SMILES string of the molecule is Cc1nc(C(=O)N2Cc3c(CN4CCOCC4)nn(C(C)C)c3C2)cs1. The number of hydrogen-bond donors (Lipinski definition) is 0. The minimum Gasteiger partial charge on any atom is -0.379 e. The largest absolute Gasteiger partial charge is 0.379 e. The molecule has 2 aromatic rings. The van der Waals surface area contributed by atoms with Crippen molar-refractivity contribution in [1.29, 1.82) is 0 Å². The Morgan fingerprint density at radius 1 is 1.31 bits per heavy atom. The first kappa shape index (κ1) is 17.6. The van der Waals surface area contributed by atoms with Gasteiger partial charge in [0.25, 0.3) is 5.91 Å². The Morgan fingerprint density at radius 2 is 2.08 bits per heavy atom. The monoisotopic (exact) mass is 375 g/mol. The summed E-state index contributed by atoms with van der Waals surface area (Å²) in [5, 5.41) is 7.65. The van der Waals surface area contributed by atoms with E-state index < -0.39 is 0 Å². The second-order valence-corrected chi connectivity index (χ2v) is 8.27. The van der Waals surface area contributed by atoms with Crippen molar-refractivity contribution in [1.82, 2.24) is 24.6 Å². The van der Waals surface area contributed by atoms with Gasteiger partial charge >= 0.3 is 0 Å². The van der Waals surface area contributed by atoms with Crippen LogP contribution >= 0.6 is 11.3 Å². The fourth-order valence-electron chi connectivity index (χ4n) is 3.63. The second-order valence-electron chi connectivity index (χ2n) is 7.21. The molecule has 0 N–H and O–H groups in total. The van der Waals surface area contributed by atoms with E-state index in [2.05, 4.69) is 28.4 Å². The molecule has 0 aliphatic carbocycles. The number of nitrogens with zero attached hydrogens (tertiary/aromatic N) is 5. The summed E-state index contributed by atoms with van der Waals surface area (Å²) in [6, 6.07) is 0.277. The Labute approximate surface area is 157 Å². The number of carbonyl (C=O) groups is 1. The molecular weight excluding hydrogens is 350 g/mol. The first-order valence-corrected chi connectivity index (χ1v) is 10.0. The van der Waals surface area contributed by atoms with Gasteiger partial charge in [0.1, 0.15) is 5.69 Å². The van der Waals surface area contributed by atoms with Crippen molar-refractivity contribution in [2.75, 3.05) is 26.3 Å². The van der Waals surface area contributed by atoms with E-state index in [4.69, 9.17) is 9.84 Å². The third-order valence-electron chi connectivity index (χ3n) is 4.98. The molecule has 2 aromatic heterocycles. The normalized spacial score (nSPS) is 17.9. The van der Waals surface area contributed by atoms with Crippen LogP contribution in [0.25, 0.3) is 0 Å². The molecule has 0 spiro atoms. The summed E-state index contributed by atoms with van der Waals surface area (Å²) in [6.07, 6.45) is 0. The minimum absolute atomic E-state index is 0.0122. The molecule has 4 rings (SSSR count). The summed E-state index contributed by atoms with van der Waals surface area (Å²) < 4.78 is 7.53. The fraction of sp³-hybridized carbons (Fsp3) is 0.611. The quantitative estimate of drug-likeness (QED) is 0.820. The second kappa shape index (κ2) is 7.09. The highest BCUT2D eigenvalue weighted by molar-refractivity contribution is 7.09. The molecule has 4 heterocycles. The van der Waals surface area contributed by atoms with Crippen LogP contribution in [0, 0.1) is 6.92 Å². The van der Waals surface area contributed by atoms with Gasteiger partial charge in [-0.2, -0.15) is 5.10 Å². The summed E-state index contributed by atoms with van der Waals surface area (Å²) in [5.41, 5.74) is 4.03. The highest BCUT2D eigenvalue weighted by atomic mass is 32.1. The third-order valence-corrected chi connectivity index (χ3v) is 5.76. The number of thiazole rings is 1.